The van der Waals surface area contributed by atoms with E-state index in [1.807, 2.05) is 0 Å². The smallest absolute Gasteiger partial charge is 0.319 e. The number of carbonyl (C=O) groups is 3. The van der Waals surface area contributed by atoms with E-state index in [2.05, 4.69) is 21.2 Å². The van der Waals surface area contributed by atoms with Gasteiger partial charge in [0.25, 0.3) is 5.91 Å². The summed E-state index contributed by atoms with van der Waals surface area (Å²) in [7, 11) is 0. The Kier molecular flexibility index (Phi) is 4.62. The van der Waals surface area contributed by atoms with Gasteiger partial charge in [0.2, 0.25) is 0 Å². The first kappa shape index (κ1) is 18.2. The predicted octanol–water partition coefficient (Wildman–Crippen LogP) is 3.38. The number of halogens is 3. The highest BCUT2D eigenvalue weighted by atomic mass is 79.9. The third-order valence-corrected chi connectivity index (χ3v) is 4.74. The molecule has 134 valence electrons. The fraction of sp³-hybridized carbons (Fsp3) is 0.167. The van der Waals surface area contributed by atoms with Crippen molar-refractivity contribution < 1.29 is 23.2 Å². The zero-order valence-electron chi connectivity index (χ0n) is 13.6. The molecule has 1 N–H and O–H groups in total. The highest BCUT2D eigenvalue weighted by Gasteiger charge is 2.50. The molecule has 5 nitrogen and oxygen atoms in total. The lowest BCUT2D eigenvalue weighted by Gasteiger charge is -2.22. The van der Waals surface area contributed by atoms with Gasteiger partial charge in [-0.2, -0.15) is 0 Å². The van der Waals surface area contributed by atoms with Crippen LogP contribution < -0.4 is 5.32 Å². The lowest BCUT2D eigenvalue weighted by molar-refractivity contribution is -0.130. The molecule has 0 bridgehead atoms. The topological polar surface area (TPSA) is 66.5 Å². The van der Waals surface area contributed by atoms with Crippen molar-refractivity contribution in [1.29, 1.82) is 0 Å². The summed E-state index contributed by atoms with van der Waals surface area (Å²) < 4.78 is 28.4. The molecule has 0 radical (unpaired) electrons. The van der Waals surface area contributed by atoms with Crippen LogP contribution in [0.4, 0.5) is 13.6 Å². The van der Waals surface area contributed by atoms with Crippen LogP contribution in [0.3, 0.4) is 0 Å². The van der Waals surface area contributed by atoms with E-state index < -0.39 is 41.4 Å². The molecule has 26 heavy (non-hydrogen) atoms. The van der Waals surface area contributed by atoms with Crippen molar-refractivity contribution in [2.24, 2.45) is 0 Å². The van der Waals surface area contributed by atoms with E-state index in [1.165, 1.54) is 6.92 Å². The summed E-state index contributed by atoms with van der Waals surface area (Å²) in [4.78, 5) is 38.0. The number of rotatable bonds is 4. The maximum atomic E-state index is 14.1. The first-order chi connectivity index (χ1) is 12.2. The Morgan fingerprint density at radius 2 is 1.81 bits per heavy atom. The quantitative estimate of drug-likeness (QED) is 0.606. The van der Waals surface area contributed by atoms with Crippen molar-refractivity contribution in [3.63, 3.8) is 0 Å². The molecule has 1 fully saturated rings. The zero-order chi connectivity index (χ0) is 19.1. The summed E-state index contributed by atoms with van der Waals surface area (Å²) in [6.45, 7) is 0.772. The summed E-state index contributed by atoms with van der Waals surface area (Å²) in [5, 5.41) is 2.35. The Morgan fingerprint density at radius 3 is 2.46 bits per heavy atom. The average Bonchev–Trinajstić information content (AvgIpc) is 2.81. The molecule has 2 aromatic carbocycles. The number of urea groups is 1. The molecule has 3 rings (SSSR count). The number of nitrogens with zero attached hydrogens (tertiary/aromatic N) is 1. The van der Waals surface area contributed by atoms with E-state index in [0.717, 1.165) is 22.7 Å². The van der Waals surface area contributed by atoms with E-state index >= 15 is 0 Å². The fourth-order valence-corrected chi connectivity index (χ4v) is 3.04. The second-order valence-corrected chi connectivity index (χ2v) is 6.92. The molecule has 0 aliphatic carbocycles. The van der Waals surface area contributed by atoms with Crippen LogP contribution in [0.2, 0.25) is 0 Å². The van der Waals surface area contributed by atoms with Crippen LogP contribution in [0, 0.1) is 11.6 Å². The van der Waals surface area contributed by atoms with Crippen molar-refractivity contribution >= 4 is 33.7 Å². The maximum Gasteiger partial charge on any atom is 0.325 e. The number of imide groups is 1. The molecule has 3 amide bonds. The molecule has 8 heteroatoms. The highest BCUT2D eigenvalue weighted by Crippen LogP contribution is 2.31. The minimum Gasteiger partial charge on any atom is -0.319 e. The van der Waals surface area contributed by atoms with Crippen LogP contribution in [-0.2, 0) is 10.3 Å². The monoisotopic (exact) mass is 422 g/mol. The van der Waals surface area contributed by atoms with Gasteiger partial charge in [0.05, 0.1) is 6.54 Å². The van der Waals surface area contributed by atoms with Crippen LogP contribution in [0.25, 0.3) is 0 Å². The van der Waals surface area contributed by atoms with Gasteiger partial charge in [0.15, 0.2) is 5.78 Å². The molecule has 0 aromatic heterocycles. The zero-order valence-corrected chi connectivity index (χ0v) is 15.1. The lowest BCUT2D eigenvalue weighted by atomic mass is 9.91. The summed E-state index contributed by atoms with van der Waals surface area (Å²) >= 11 is 3.25. The molecule has 0 saturated carbocycles. The van der Waals surface area contributed by atoms with E-state index in [0.29, 0.717) is 10.5 Å². The van der Waals surface area contributed by atoms with E-state index in [1.54, 1.807) is 24.3 Å². The minimum atomic E-state index is -1.79. The number of nitrogens with one attached hydrogen (secondary N) is 1. The Balaban J connectivity index is 1.88. The molecular weight excluding hydrogens is 410 g/mol. The van der Waals surface area contributed by atoms with Crippen LogP contribution in [0.5, 0.6) is 0 Å². The Morgan fingerprint density at radius 1 is 1.15 bits per heavy atom. The molecule has 1 aliphatic rings. The highest BCUT2D eigenvalue weighted by molar-refractivity contribution is 9.10. The fourth-order valence-electron chi connectivity index (χ4n) is 2.77. The second kappa shape index (κ2) is 6.60. The van der Waals surface area contributed by atoms with Gasteiger partial charge in [0.1, 0.15) is 17.2 Å². The van der Waals surface area contributed by atoms with E-state index in [4.69, 9.17) is 0 Å². The molecule has 0 spiro atoms. The van der Waals surface area contributed by atoms with Gasteiger partial charge in [-0.05, 0) is 37.3 Å². The van der Waals surface area contributed by atoms with Crippen molar-refractivity contribution in [1.82, 2.24) is 10.2 Å². The van der Waals surface area contributed by atoms with Crippen LogP contribution >= 0.6 is 15.9 Å². The van der Waals surface area contributed by atoms with Crippen molar-refractivity contribution in [2.75, 3.05) is 6.54 Å². The molecule has 2 aromatic rings. The molecule has 1 aliphatic heterocycles. The number of amides is 3. The van der Waals surface area contributed by atoms with Crippen LogP contribution in [0.15, 0.2) is 46.9 Å². The third kappa shape index (κ3) is 3.12. The Hall–Kier alpha value is -2.61. The first-order valence-electron chi connectivity index (χ1n) is 7.61. The summed E-state index contributed by atoms with van der Waals surface area (Å²) in [5.74, 6) is -2.85. The number of ketones is 1. The number of carbonyl (C=O) groups excluding carboxylic acids is 3. The Labute approximate surface area is 156 Å². The summed E-state index contributed by atoms with van der Waals surface area (Å²) in [6.07, 6.45) is 0. The maximum absolute atomic E-state index is 14.1. The number of hydrogen-bond acceptors (Lipinski definition) is 3. The van der Waals surface area contributed by atoms with Gasteiger partial charge in [-0.15, -0.1) is 0 Å². The largest absolute Gasteiger partial charge is 0.325 e. The van der Waals surface area contributed by atoms with Gasteiger partial charge in [0, 0.05) is 15.6 Å². The second-order valence-electron chi connectivity index (χ2n) is 6.00. The van der Waals surface area contributed by atoms with Crippen LogP contribution in [-0.4, -0.2) is 29.2 Å². The molecule has 1 atom stereocenters. The number of Topliss-reactive ketones (excluding diaryl/α,β-unsaturated/α-hetero) is 1. The molecule has 1 saturated heterocycles. The van der Waals surface area contributed by atoms with E-state index in [-0.39, 0.29) is 5.56 Å². The molecular formula is C18H13BrF2N2O3. The normalized spacial score (nSPS) is 19.6. The average molecular weight is 423 g/mol. The van der Waals surface area contributed by atoms with Crippen LogP contribution in [0.1, 0.15) is 22.8 Å². The van der Waals surface area contributed by atoms with Gasteiger partial charge in [-0.3, -0.25) is 14.5 Å². The van der Waals surface area contributed by atoms with E-state index in [9.17, 15) is 23.2 Å². The van der Waals surface area contributed by atoms with Gasteiger partial charge in [-0.25, -0.2) is 13.6 Å². The SMILES string of the molecule is CC1(c2cc(F)ccc2F)NC(=O)N(CC(=O)c2ccc(Br)cc2)C1=O. The number of hydrogen-bond donors (Lipinski definition) is 1. The van der Waals surface area contributed by atoms with Gasteiger partial charge >= 0.3 is 6.03 Å². The molecule has 1 unspecified atom stereocenters. The standard InChI is InChI=1S/C18H13BrF2N2O3/c1-18(13-8-12(20)6-7-14(13)21)16(25)23(17(26)22-18)9-15(24)10-2-4-11(19)5-3-10/h2-8H,9H2,1H3,(H,22,26). The Bertz CT molecular complexity index is 917. The van der Waals surface area contributed by atoms with Gasteiger partial charge < -0.3 is 5.32 Å². The first-order valence-corrected chi connectivity index (χ1v) is 8.40. The molecule has 1 heterocycles. The minimum absolute atomic E-state index is 0.297. The lowest BCUT2D eigenvalue weighted by Crippen LogP contribution is -2.42. The third-order valence-electron chi connectivity index (χ3n) is 4.21. The number of benzene rings is 2. The predicted molar refractivity (Wildman–Crippen MR) is 92.4 cm³/mol. The summed E-state index contributed by atoms with van der Waals surface area (Å²) in [6, 6.07) is 8.23. The summed E-state index contributed by atoms with van der Waals surface area (Å²) in [5.41, 5.74) is -1.77. The van der Waals surface area contributed by atoms with Gasteiger partial charge in [-0.1, -0.05) is 28.1 Å². The van der Waals surface area contributed by atoms with Crippen molar-refractivity contribution in [3.8, 4) is 0 Å². The van der Waals surface area contributed by atoms with Crippen molar-refractivity contribution in [2.45, 2.75) is 12.5 Å². The van der Waals surface area contributed by atoms with Crippen molar-refractivity contribution in [3.05, 3.63) is 69.7 Å².